The standard InChI is InChI=1S/C23H24N4O2S/c1-26-23(29)22-19(15-25-26)18-6-3-4-7-20(18)27(22)13-5-8-21(28)24-14-16-9-11-17(30-2)12-10-16/h3-4,6-7,9-12,15H,5,8,13-14H2,1-2H3,(H,24,28). The van der Waals surface area contributed by atoms with Gasteiger partial charge in [0, 0.05) is 47.7 Å². The summed E-state index contributed by atoms with van der Waals surface area (Å²) in [5, 5.41) is 9.01. The highest BCUT2D eigenvalue weighted by Crippen LogP contribution is 2.26. The molecule has 0 aliphatic heterocycles. The van der Waals surface area contributed by atoms with E-state index < -0.39 is 0 Å². The number of benzene rings is 2. The predicted octanol–water partition coefficient (Wildman–Crippen LogP) is 3.71. The van der Waals surface area contributed by atoms with Crippen molar-refractivity contribution in [2.24, 2.45) is 7.05 Å². The zero-order valence-corrected chi connectivity index (χ0v) is 17.9. The van der Waals surface area contributed by atoms with Gasteiger partial charge in [-0.05, 0) is 36.4 Å². The molecule has 0 saturated heterocycles. The van der Waals surface area contributed by atoms with Crippen LogP contribution in [0.2, 0.25) is 0 Å². The Bertz CT molecular complexity index is 1260. The summed E-state index contributed by atoms with van der Waals surface area (Å²) in [4.78, 5) is 26.2. The highest BCUT2D eigenvalue weighted by molar-refractivity contribution is 7.98. The predicted molar refractivity (Wildman–Crippen MR) is 122 cm³/mol. The minimum absolute atomic E-state index is 0.0132. The molecule has 0 fully saturated rings. The maximum atomic E-state index is 12.7. The number of carbonyl (C=O) groups excluding carboxylic acids is 1. The van der Waals surface area contributed by atoms with Gasteiger partial charge in [0.05, 0.1) is 6.20 Å². The van der Waals surface area contributed by atoms with Gasteiger partial charge in [-0.25, -0.2) is 4.68 Å². The first-order valence-electron chi connectivity index (χ1n) is 9.91. The molecule has 0 aliphatic carbocycles. The number of aryl methyl sites for hydroxylation is 2. The first-order chi connectivity index (χ1) is 14.6. The molecule has 0 saturated carbocycles. The first-order valence-corrected chi connectivity index (χ1v) is 11.1. The zero-order chi connectivity index (χ0) is 21.1. The van der Waals surface area contributed by atoms with E-state index in [0.717, 1.165) is 21.9 Å². The zero-order valence-electron chi connectivity index (χ0n) is 17.1. The Hall–Kier alpha value is -3.06. The summed E-state index contributed by atoms with van der Waals surface area (Å²) < 4.78 is 3.37. The van der Waals surface area contributed by atoms with Gasteiger partial charge in [0.1, 0.15) is 5.52 Å². The normalized spacial score (nSPS) is 11.3. The Kier molecular flexibility index (Phi) is 5.90. The van der Waals surface area contributed by atoms with Crippen molar-refractivity contribution in [2.45, 2.75) is 30.8 Å². The fourth-order valence-electron chi connectivity index (χ4n) is 3.70. The summed E-state index contributed by atoms with van der Waals surface area (Å²) in [5.74, 6) is 0.0132. The third kappa shape index (κ3) is 3.98. The second-order valence-corrected chi connectivity index (χ2v) is 8.11. The monoisotopic (exact) mass is 420 g/mol. The minimum Gasteiger partial charge on any atom is -0.352 e. The van der Waals surface area contributed by atoms with Crippen molar-refractivity contribution in [3.05, 3.63) is 70.6 Å². The molecule has 2 heterocycles. The molecule has 0 aliphatic rings. The Morgan fingerprint density at radius 2 is 1.87 bits per heavy atom. The van der Waals surface area contributed by atoms with Crippen molar-refractivity contribution in [1.82, 2.24) is 19.7 Å². The SMILES string of the molecule is CSc1ccc(CNC(=O)CCCn2c3ccccc3c3cnn(C)c(=O)c32)cc1. The number of nitrogens with one attached hydrogen (secondary N) is 1. The van der Waals surface area contributed by atoms with Crippen molar-refractivity contribution < 1.29 is 4.79 Å². The van der Waals surface area contributed by atoms with Crippen LogP contribution in [0.4, 0.5) is 0 Å². The molecule has 2 aromatic carbocycles. The molecule has 6 nitrogen and oxygen atoms in total. The Morgan fingerprint density at radius 3 is 2.63 bits per heavy atom. The van der Waals surface area contributed by atoms with Gasteiger partial charge >= 0.3 is 0 Å². The third-order valence-corrected chi connectivity index (χ3v) is 6.04. The van der Waals surface area contributed by atoms with Crippen molar-refractivity contribution in [2.75, 3.05) is 6.26 Å². The number of hydrogen-bond acceptors (Lipinski definition) is 4. The van der Waals surface area contributed by atoms with Gasteiger partial charge < -0.3 is 9.88 Å². The molecule has 1 N–H and O–H groups in total. The number of aromatic nitrogens is 3. The van der Waals surface area contributed by atoms with Crippen molar-refractivity contribution in [3.8, 4) is 0 Å². The number of hydrogen-bond donors (Lipinski definition) is 1. The average Bonchev–Trinajstić information content (AvgIpc) is 3.09. The van der Waals surface area contributed by atoms with Crippen LogP contribution in [0.25, 0.3) is 21.8 Å². The molecule has 0 radical (unpaired) electrons. The van der Waals surface area contributed by atoms with Crippen LogP contribution in [0.5, 0.6) is 0 Å². The van der Waals surface area contributed by atoms with E-state index in [2.05, 4.69) is 22.5 Å². The lowest BCUT2D eigenvalue weighted by atomic mass is 10.2. The number of carbonyl (C=O) groups is 1. The van der Waals surface area contributed by atoms with Crippen molar-refractivity contribution in [3.63, 3.8) is 0 Å². The molecular weight excluding hydrogens is 396 g/mol. The van der Waals surface area contributed by atoms with Gasteiger partial charge in [-0.1, -0.05) is 30.3 Å². The highest BCUT2D eigenvalue weighted by atomic mass is 32.2. The molecule has 30 heavy (non-hydrogen) atoms. The van der Waals surface area contributed by atoms with Crippen molar-refractivity contribution >= 4 is 39.5 Å². The van der Waals surface area contributed by atoms with Crippen LogP contribution in [0.15, 0.2) is 64.4 Å². The number of nitrogens with zero attached hydrogens (tertiary/aromatic N) is 3. The van der Waals surface area contributed by atoms with Gasteiger partial charge in [0.25, 0.3) is 5.56 Å². The van der Waals surface area contributed by atoms with Gasteiger partial charge in [-0.3, -0.25) is 9.59 Å². The van der Waals surface area contributed by atoms with E-state index in [9.17, 15) is 9.59 Å². The number of amides is 1. The molecule has 2 aromatic heterocycles. The largest absolute Gasteiger partial charge is 0.352 e. The Balaban J connectivity index is 1.45. The summed E-state index contributed by atoms with van der Waals surface area (Å²) in [5.41, 5.74) is 2.59. The number of para-hydroxylation sites is 1. The molecule has 7 heteroatoms. The maximum absolute atomic E-state index is 12.7. The topological polar surface area (TPSA) is 68.9 Å². The summed E-state index contributed by atoms with van der Waals surface area (Å²) in [6.07, 6.45) is 4.84. The van der Waals surface area contributed by atoms with E-state index >= 15 is 0 Å². The van der Waals surface area contributed by atoms with E-state index in [1.807, 2.05) is 47.2 Å². The lowest BCUT2D eigenvalue weighted by molar-refractivity contribution is -0.121. The Morgan fingerprint density at radius 1 is 1.10 bits per heavy atom. The van der Waals surface area contributed by atoms with E-state index in [1.165, 1.54) is 9.58 Å². The minimum atomic E-state index is -0.123. The molecule has 0 atom stereocenters. The van der Waals surface area contributed by atoms with Gasteiger partial charge in [0.15, 0.2) is 0 Å². The molecule has 154 valence electrons. The van der Waals surface area contributed by atoms with Gasteiger partial charge in [0.2, 0.25) is 5.91 Å². The third-order valence-electron chi connectivity index (χ3n) is 5.30. The van der Waals surface area contributed by atoms with Gasteiger partial charge in [-0.15, -0.1) is 11.8 Å². The fourth-order valence-corrected chi connectivity index (χ4v) is 4.11. The second kappa shape index (κ2) is 8.75. The van der Waals surface area contributed by atoms with Crippen LogP contribution in [-0.4, -0.2) is 26.5 Å². The maximum Gasteiger partial charge on any atom is 0.291 e. The van der Waals surface area contributed by atoms with E-state index in [1.54, 1.807) is 25.0 Å². The first kappa shape index (κ1) is 20.2. The van der Waals surface area contributed by atoms with E-state index in [4.69, 9.17) is 0 Å². The van der Waals surface area contributed by atoms with Crippen LogP contribution in [0, 0.1) is 0 Å². The Labute approximate surface area is 178 Å². The smallest absolute Gasteiger partial charge is 0.291 e. The molecule has 0 unspecified atom stereocenters. The van der Waals surface area contributed by atoms with E-state index in [-0.39, 0.29) is 11.5 Å². The molecule has 4 aromatic rings. The number of fused-ring (bicyclic) bond motifs is 3. The van der Waals surface area contributed by atoms with Crippen LogP contribution in [0.3, 0.4) is 0 Å². The van der Waals surface area contributed by atoms with Crippen molar-refractivity contribution in [1.29, 1.82) is 0 Å². The number of thioether (sulfide) groups is 1. The fraction of sp³-hybridized carbons (Fsp3) is 0.261. The van der Waals surface area contributed by atoms with Crippen LogP contribution in [-0.2, 0) is 24.9 Å². The lowest BCUT2D eigenvalue weighted by Crippen LogP contribution is -2.23. The van der Waals surface area contributed by atoms with E-state index in [0.29, 0.717) is 31.4 Å². The van der Waals surface area contributed by atoms with Gasteiger partial charge in [-0.2, -0.15) is 5.10 Å². The summed E-state index contributed by atoms with van der Waals surface area (Å²) >= 11 is 1.70. The highest BCUT2D eigenvalue weighted by Gasteiger charge is 2.15. The summed E-state index contributed by atoms with van der Waals surface area (Å²) in [7, 11) is 1.66. The average molecular weight is 421 g/mol. The molecule has 0 bridgehead atoms. The molecule has 1 amide bonds. The quantitative estimate of drug-likeness (QED) is 0.463. The molecule has 4 rings (SSSR count). The molecule has 0 spiro atoms. The van der Waals surface area contributed by atoms with Crippen LogP contribution < -0.4 is 10.9 Å². The van der Waals surface area contributed by atoms with Crippen LogP contribution in [0.1, 0.15) is 18.4 Å². The molecular formula is C23H24N4O2S. The second-order valence-electron chi connectivity index (χ2n) is 7.23. The lowest BCUT2D eigenvalue weighted by Gasteiger charge is -2.09. The summed E-state index contributed by atoms with van der Waals surface area (Å²) in [6, 6.07) is 16.1. The van der Waals surface area contributed by atoms with Crippen LogP contribution >= 0.6 is 11.8 Å². The summed E-state index contributed by atoms with van der Waals surface area (Å²) in [6.45, 7) is 1.12. The number of rotatable bonds is 7.